The van der Waals surface area contributed by atoms with Crippen LogP contribution in [0.1, 0.15) is 22.5 Å². The predicted octanol–water partition coefficient (Wildman–Crippen LogP) is 3.83. The van der Waals surface area contributed by atoms with Gasteiger partial charge in [-0.25, -0.2) is 4.79 Å². The van der Waals surface area contributed by atoms with Gasteiger partial charge in [-0.1, -0.05) is 30.3 Å². The molecule has 1 heterocycles. The zero-order valence-corrected chi connectivity index (χ0v) is 11.4. The number of rotatable bonds is 5. The molecule has 0 bridgehead atoms. The fourth-order valence-electron chi connectivity index (χ4n) is 1.58. The molecule has 0 N–H and O–H groups in total. The molecule has 0 unspecified atom stereocenters. The van der Waals surface area contributed by atoms with Crippen LogP contribution >= 0.6 is 15.9 Å². The van der Waals surface area contributed by atoms with E-state index in [4.69, 9.17) is 9.15 Å². The molecule has 0 spiro atoms. The van der Waals surface area contributed by atoms with Gasteiger partial charge in [0, 0.05) is 0 Å². The number of hydrogen-bond donors (Lipinski definition) is 0. The molecule has 0 saturated heterocycles. The van der Waals surface area contributed by atoms with Crippen molar-refractivity contribution in [3.05, 3.63) is 58.5 Å². The summed E-state index contributed by atoms with van der Waals surface area (Å²) in [5.41, 5.74) is 1.24. The van der Waals surface area contributed by atoms with E-state index in [1.807, 2.05) is 18.2 Å². The van der Waals surface area contributed by atoms with Crippen LogP contribution in [0.3, 0.4) is 0 Å². The van der Waals surface area contributed by atoms with E-state index in [0.29, 0.717) is 11.3 Å². The van der Waals surface area contributed by atoms with Gasteiger partial charge in [0.1, 0.15) is 0 Å². The van der Waals surface area contributed by atoms with Crippen LogP contribution in [0.2, 0.25) is 0 Å². The number of halogens is 1. The maximum atomic E-state index is 11.5. The van der Waals surface area contributed by atoms with E-state index in [1.165, 1.54) is 5.56 Å². The minimum Gasteiger partial charge on any atom is -0.460 e. The first-order valence-corrected chi connectivity index (χ1v) is 6.51. The van der Waals surface area contributed by atoms with E-state index in [0.717, 1.165) is 12.8 Å². The molecule has 0 aliphatic heterocycles. The van der Waals surface area contributed by atoms with E-state index in [2.05, 4.69) is 28.1 Å². The fraction of sp³-hybridized carbons (Fsp3) is 0.214. The second kappa shape index (κ2) is 6.40. The summed E-state index contributed by atoms with van der Waals surface area (Å²) in [5, 5.41) is 0. The average Bonchev–Trinajstić information content (AvgIpc) is 2.82. The summed E-state index contributed by atoms with van der Waals surface area (Å²) in [6.45, 7) is 0.395. The van der Waals surface area contributed by atoms with Crippen LogP contribution in [0, 0.1) is 0 Å². The molecule has 0 amide bonds. The van der Waals surface area contributed by atoms with E-state index < -0.39 is 5.97 Å². The second-order valence-electron chi connectivity index (χ2n) is 3.83. The third kappa shape index (κ3) is 3.74. The number of ether oxygens (including phenoxy) is 1. The largest absolute Gasteiger partial charge is 0.460 e. The molecule has 2 aromatic rings. The average molecular weight is 309 g/mol. The smallest absolute Gasteiger partial charge is 0.374 e. The molecule has 4 heteroatoms. The van der Waals surface area contributed by atoms with Gasteiger partial charge in [0.15, 0.2) is 4.67 Å². The summed E-state index contributed by atoms with van der Waals surface area (Å²) in [6, 6.07) is 13.4. The van der Waals surface area contributed by atoms with Crippen LogP contribution in [-0.2, 0) is 11.2 Å². The molecule has 3 nitrogen and oxygen atoms in total. The Bertz CT molecular complexity index is 505. The van der Waals surface area contributed by atoms with Crippen molar-refractivity contribution in [1.29, 1.82) is 0 Å². The van der Waals surface area contributed by atoms with Crippen LogP contribution in [0.15, 0.2) is 51.6 Å². The Labute approximate surface area is 114 Å². The minimum atomic E-state index is -0.422. The topological polar surface area (TPSA) is 39.4 Å². The summed E-state index contributed by atoms with van der Waals surface area (Å²) in [4.78, 5) is 11.5. The first kappa shape index (κ1) is 12.9. The molecule has 0 fully saturated rings. The van der Waals surface area contributed by atoms with Crippen molar-refractivity contribution in [3.63, 3.8) is 0 Å². The van der Waals surface area contributed by atoms with Crippen molar-refractivity contribution in [2.75, 3.05) is 6.61 Å². The molecule has 1 aromatic carbocycles. The zero-order valence-electron chi connectivity index (χ0n) is 9.77. The van der Waals surface area contributed by atoms with E-state index in [1.54, 1.807) is 12.1 Å². The van der Waals surface area contributed by atoms with Crippen molar-refractivity contribution in [1.82, 2.24) is 0 Å². The number of esters is 1. The van der Waals surface area contributed by atoms with Gasteiger partial charge in [0.25, 0.3) is 0 Å². The molecule has 18 heavy (non-hydrogen) atoms. The Morgan fingerprint density at radius 2 is 1.94 bits per heavy atom. The number of carbonyl (C=O) groups excluding carboxylic acids is 1. The van der Waals surface area contributed by atoms with Crippen molar-refractivity contribution in [2.45, 2.75) is 12.8 Å². The van der Waals surface area contributed by atoms with E-state index >= 15 is 0 Å². The first-order chi connectivity index (χ1) is 8.75. The zero-order chi connectivity index (χ0) is 12.8. The van der Waals surface area contributed by atoms with Gasteiger partial charge < -0.3 is 9.15 Å². The maximum absolute atomic E-state index is 11.5. The SMILES string of the molecule is O=C(OCCCc1ccccc1)c1ccc(Br)o1. The summed E-state index contributed by atoms with van der Waals surface area (Å²) < 4.78 is 10.7. The third-order valence-electron chi connectivity index (χ3n) is 2.46. The van der Waals surface area contributed by atoms with E-state index in [9.17, 15) is 4.79 Å². The van der Waals surface area contributed by atoms with Gasteiger partial charge in [0.2, 0.25) is 5.76 Å². The normalized spacial score (nSPS) is 10.3. The van der Waals surface area contributed by atoms with E-state index in [-0.39, 0.29) is 5.76 Å². The molecular weight excluding hydrogens is 296 g/mol. The number of aryl methyl sites for hydroxylation is 1. The number of hydrogen-bond acceptors (Lipinski definition) is 3. The molecule has 94 valence electrons. The quantitative estimate of drug-likeness (QED) is 0.622. The highest BCUT2D eigenvalue weighted by molar-refractivity contribution is 9.10. The Hall–Kier alpha value is -1.55. The lowest BCUT2D eigenvalue weighted by molar-refractivity contribution is 0.0463. The second-order valence-corrected chi connectivity index (χ2v) is 4.61. The highest BCUT2D eigenvalue weighted by Gasteiger charge is 2.11. The highest BCUT2D eigenvalue weighted by Crippen LogP contribution is 2.14. The fourth-order valence-corrected chi connectivity index (χ4v) is 1.89. The highest BCUT2D eigenvalue weighted by atomic mass is 79.9. The van der Waals surface area contributed by atoms with Gasteiger partial charge in [-0.2, -0.15) is 0 Å². The van der Waals surface area contributed by atoms with Crippen molar-refractivity contribution < 1.29 is 13.9 Å². The molecule has 0 aliphatic carbocycles. The minimum absolute atomic E-state index is 0.224. The summed E-state index contributed by atoms with van der Waals surface area (Å²) in [7, 11) is 0. The first-order valence-electron chi connectivity index (χ1n) is 5.72. The van der Waals surface area contributed by atoms with Crippen LogP contribution in [-0.4, -0.2) is 12.6 Å². The lowest BCUT2D eigenvalue weighted by Crippen LogP contribution is -2.06. The Kier molecular flexibility index (Phi) is 4.59. The lowest BCUT2D eigenvalue weighted by Gasteiger charge is -2.03. The molecule has 2 rings (SSSR count). The van der Waals surface area contributed by atoms with Crippen LogP contribution < -0.4 is 0 Å². The number of benzene rings is 1. The Morgan fingerprint density at radius 1 is 1.17 bits per heavy atom. The molecule has 0 aliphatic rings. The van der Waals surface area contributed by atoms with Gasteiger partial charge in [-0.3, -0.25) is 0 Å². The molecule has 0 saturated carbocycles. The summed E-state index contributed by atoms with van der Waals surface area (Å²) in [6.07, 6.45) is 1.70. The molecular formula is C14H13BrO3. The third-order valence-corrected chi connectivity index (χ3v) is 2.89. The number of furan rings is 1. The van der Waals surface area contributed by atoms with Crippen LogP contribution in [0.4, 0.5) is 0 Å². The van der Waals surface area contributed by atoms with Gasteiger partial charge in [-0.15, -0.1) is 0 Å². The standard InChI is InChI=1S/C14H13BrO3/c15-13-9-8-12(18-13)14(16)17-10-4-7-11-5-2-1-3-6-11/h1-3,5-6,8-9H,4,7,10H2. The van der Waals surface area contributed by atoms with Crippen molar-refractivity contribution >= 4 is 21.9 Å². The Balaban J connectivity index is 1.71. The molecule has 0 radical (unpaired) electrons. The van der Waals surface area contributed by atoms with Crippen molar-refractivity contribution in [2.24, 2.45) is 0 Å². The van der Waals surface area contributed by atoms with Gasteiger partial charge >= 0.3 is 5.97 Å². The molecule has 0 atom stereocenters. The van der Waals surface area contributed by atoms with Gasteiger partial charge in [0.05, 0.1) is 6.61 Å². The Morgan fingerprint density at radius 3 is 2.61 bits per heavy atom. The van der Waals surface area contributed by atoms with Gasteiger partial charge in [-0.05, 0) is 46.5 Å². The predicted molar refractivity (Wildman–Crippen MR) is 71.5 cm³/mol. The summed E-state index contributed by atoms with van der Waals surface area (Å²) >= 11 is 3.14. The number of carbonyl (C=O) groups is 1. The maximum Gasteiger partial charge on any atom is 0.374 e. The summed E-state index contributed by atoms with van der Waals surface area (Å²) in [5.74, 6) is -0.199. The lowest BCUT2D eigenvalue weighted by atomic mass is 10.1. The molecule has 1 aromatic heterocycles. The van der Waals surface area contributed by atoms with Crippen LogP contribution in [0.5, 0.6) is 0 Å². The van der Waals surface area contributed by atoms with Crippen LogP contribution in [0.25, 0.3) is 0 Å². The van der Waals surface area contributed by atoms with Crippen molar-refractivity contribution in [3.8, 4) is 0 Å². The monoisotopic (exact) mass is 308 g/mol.